The molecule has 11 nitrogen and oxygen atoms in total. The molecule has 4 aromatic rings. The minimum absolute atomic E-state index is 0.177. The number of hydrogen-bond acceptors (Lipinski definition) is 11. The highest BCUT2D eigenvalue weighted by atomic mass is 32.2. The van der Waals surface area contributed by atoms with Crippen LogP contribution in [0.15, 0.2) is 47.6 Å². The molecule has 0 unspecified atom stereocenters. The third kappa shape index (κ3) is 4.46. The summed E-state index contributed by atoms with van der Waals surface area (Å²) >= 11 is 1.27. The molecule has 0 saturated heterocycles. The van der Waals surface area contributed by atoms with Gasteiger partial charge in [0.25, 0.3) is 11.1 Å². The first-order valence-corrected chi connectivity index (χ1v) is 9.19. The summed E-state index contributed by atoms with van der Waals surface area (Å²) in [4.78, 5) is 16.1. The fraction of sp³-hybridized carbons (Fsp3) is 0.250. The molecule has 144 valence electrons. The van der Waals surface area contributed by atoms with Gasteiger partial charge in [-0.1, -0.05) is 22.1 Å². The smallest absolute Gasteiger partial charge is 0.284 e. The SMILES string of the molecule is Cc1cc(NC(=O)CCc2nc(CSc3nnc(-c4ccco4)o3)no2)no1. The molecule has 4 rings (SSSR count). The van der Waals surface area contributed by atoms with Gasteiger partial charge in [0, 0.05) is 18.9 Å². The molecule has 28 heavy (non-hydrogen) atoms. The first kappa shape index (κ1) is 18.0. The van der Waals surface area contributed by atoms with Gasteiger partial charge in [-0.15, -0.1) is 10.2 Å². The minimum atomic E-state index is -0.223. The zero-order valence-electron chi connectivity index (χ0n) is 14.6. The van der Waals surface area contributed by atoms with E-state index < -0.39 is 0 Å². The van der Waals surface area contributed by atoms with Gasteiger partial charge in [-0.3, -0.25) is 4.79 Å². The lowest BCUT2D eigenvalue weighted by atomic mass is 10.3. The minimum Gasteiger partial charge on any atom is -0.459 e. The molecule has 4 heterocycles. The van der Waals surface area contributed by atoms with E-state index in [0.717, 1.165) is 0 Å². The average molecular weight is 402 g/mol. The van der Waals surface area contributed by atoms with E-state index in [1.165, 1.54) is 18.0 Å². The largest absolute Gasteiger partial charge is 0.459 e. The Hall–Kier alpha value is -3.41. The maximum atomic E-state index is 11.9. The molecule has 0 bridgehead atoms. The maximum Gasteiger partial charge on any atom is 0.284 e. The monoisotopic (exact) mass is 402 g/mol. The number of nitrogens with one attached hydrogen (secondary N) is 1. The van der Waals surface area contributed by atoms with Crippen LogP contribution >= 0.6 is 11.8 Å². The molecule has 0 aromatic carbocycles. The quantitative estimate of drug-likeness (QED) is 0.434. The highest BCUT2D eigenvalue weighted by Gasteiger charge is 2.14. The third-order valence-electron chi connectivity index (χ3n) is 3.43. The zero-order valence-corrected chi connectivity index (χ0v) is 15.4. The van der Waals surface area contributed by atoms with E-state index in [-0.39, 0.29) is 12.3 Å². The van der Waals surface area contributed by atoms with Gasteiger partial charge in [-0.2, -0.15) is 4.98 Å². The number of carbonyl (C=O) groups is 1. The summed E-state index contributed by atoms with van der Waals surface area (Å²) in [5.41, 5.74) is 0. The Balaban J connectivity index is 1.24. The molecule has 0 atom stereocenters. The summed E-state index contributed by atoms with van der Waals surface area (Å²) < 4.78 is 20.7. The Kier molecular flexibility index (Phi) is 5.19. The van der Waals surface area contributed by atoms with Crippen molar-refractivity contribution < 1.29 is 22.7 Å². The Labute approximate surface area is 161 Å². The van der Waals surface area contributed by atoms with Crippen LogP contribution in [0.1, 0.15) is 23.9 Å². The summed E-state index contributed by atoms with van der Waals surface area (Å²) in [6, 6.07) is 5.10. The number of anilines is 1. The number of carbonyl (C=O) groups excluding carboxylic acids is 1. The van der Waals surface area contributed by atoms with Crippen molar-refractivity contribution >= 4 is 23.5 Å². The van der Waals surface area contributed by atoms with Crippen molar-refractivity contribution in [3.63, 3.8) is 0 Å². The summed E-state index contributed by atoms with van der Waals surface area (Å²) in [6.07, 6.45) is 2.01. The zero-order chi connectivity index (χ0) is 19.3. The number of amides is 1. The Morgan fingerprint density at radius 3 is 2.96 bits per heavy atom. The van der Waals surface area contributed by atoms with Gasteiger partial charge in [-0.05, 0) is 19.1 Å². The second kappa shape index (κ2) is 8.08. The second-order valence-electron chi connectivity index (χ2n) is 5.61. The first-order chi connectivity index (χ1) is 13.7. The standard InChI is InChI=1S/C16H14N6O5S/c1-9-7-11(21-26-9)17-13(23)4-5-14-18-12(22-27-14)8-28-16-20-19-15(25-16)10-3-2-6-24-10/h2-3,6-7H,4-5,8H2,1H3,(H,17,21,23). The molecule has 0 radical (unpaired) electrons. The van der Waals surface area contributed by atoms with E-state index >= 15 is 0 Å². The number of aromatic nitrogens is 5. The molecular weight excluding hydrogens is 388 g/mol. The predicted octanol–water partition coefficient (Wildman–Crippen LogP) is 2.87. The van der Waals surface area contributed by atoms with Crippen LogP contribution in [-0.2, 0) is 17.0 Å². The highest BCUT2D eigenvalue weighted by molar-refractivity contribution is 7.98. The summed E-state index contributed by atoms with van der Waals surface area (Å²) in [5.74, 6) is 2.78. The molecule has 4 aromatic heterocycles. The molecule has 12 heteroatoms. The van der Waals surface area contributed by atoms with Gasteiger partial charge in [0.1, 0.15) is 5.76 Å². The van der Waals surface area contributed by atoms with Crippen LogP contribution in [0.2, 0.25) is 0 Å². The van der Waals surface area contributed by atoms with Gasteiger partial charge >= 0.3 is 0 Å². The van der Waals surface area contributed by atoms with E-state index in [2.05, 4.69) is 30.8 Å². The van der Waals surface area contributed by atoms with Crippen LogP contribution in [0, 0.1) is 6.92 Å². The Bertz CT molecular complexity index is 1050. The van der Waals surface area contributed by atoms with E-state index in [1.54, 1.807) is 25.1 Å². The molecular formula is C16H14N6O5S. The molecule has 0 saturated carbocycles. The molecule has 0 fully saturated rings. The van der Waals surface area contributed by atoms with E-state index in [9.17, 15) is 4.79 Å². The lowest BCUT2D eigenvalue weighted by Gasteiger charge is -1.98. The number of hydrogen-bond donors (Lipinski definition) is 1. The molecule has 0 aliphatic carbocycles. The maximum absolute atomic E-state index is 11.9. The van der Waals surface area contributed by atoms with Crippen LogP contribution in [0.25, 0.3) is 11.7 Å². The van der Waals surface area contributed by atoms with Crippen molar-refractivity contribution in [3.8, 4) is 11.7 Å². The fourth-order valence-corrected chi connectivity index (χ4v) is 2.80. The molecule has 0 spiro atoms. The average Bonchev–Trinajstić information content (AvgIpc) is 3.45. The van der Waals surface area contributed by atoms with Crippen LogP contribution < -0.4 is 5.32 Å². The van der Waals surface area contributed by atoms with Crippen molar-refractivity contribution in [1.29, 1.82) is 0 Å². The van der Waals surface area contributed by atoms with Crippen molar-refractivity contribution in [3.05, 3.63) is 41.9 Å². The molecule has 0 aliphatic rings. The van der Waals surface area contributed by atoms with Gasteiger partial charge in [-0.25, -0.2) is 0 Å². The highest BCUT2D eigenvalue weighted by Crippen LogP contribution is 2.25. The van der Waals surface area contributed by atoms with Crippen LogP contribution in [-0.4, -0.2) is 31.4 Å². The van der Waals surface area contributed by atoms with Crippen LogP contribution in [0.5, 0.6) is 0 Å². The summed E-state index contributed by atoms with van der Waals surface area (Å²) in [7, 11) is 0. The predicted molar refractivity (Wildman–Crippen MR) is 94.0 cm³/mol. The van der Waals surface area contributed by atoms with Crippen molar-refractivity contribution in [1.82, 2.24) is 25.5 Å². The van der Waals surface area contributed by atoms with Crippen LogP contribution in [0.4, 0.5) is 5.82 Å². The number of thioether (sulfide) groups is 1. The third-order valence-corrected chi connectivity index (χ3v) is 4.25. The van der Waals surface area contributed by atoms with Gasteiger partial charge < -0.3 is 23.2 Å². The van der Waals surface area contributed by atoms with Gasteiger partial charge in [0.05, 0.1) is 12.0 Å². The lowest BCUT2D eigenvalue weighted by molar-refractivity contribution is -0.116. The number of nitrogens with zero attached hydrogens (tertiary/aromatic N) is 5. The summed E-state index contributed by atoms with van der Waals surface area (Å²) in [5, 5.41) is 18.4. The van der Waals surface area contributed by atoms with Crippen molar-refractivity contribution in [2.45, 2.75) is 30.7 Å². The number of rotatable bonds is 8. The Morgan fingerprint density at radius 2 is 2.18 bits per heavy atom. The van der Waals surface area contributed by atoms with Crippen LogP contribution in [0.3, 0.4) is 0 Å². The topological polar surface area (TPSA) is 146 Å². The molecule has 0 aliphatic heterocycles. The van der Waals surface area contributed by atoms with Crippen molar-refractivity contribution in [2.75, 3.05) is 5.32 Å². The molecule has 1 N–H and O–H groups in total. The number of aryl methyl sites for hydroxylation is 2. The van der Waals surface area contributed by atoms with Crippen molar-refractivity contribution in [2.24, 2.45) is 0 Å². The Morgan fingerprint density at radius 1 is 1.25 bits per heavy atom. The van der Waals surface area contributed by atoms with Gasteiger partial charge in [0.15, 0.2) is 17.4 Å². The summed E-state index contributed by atoms with van der Waals surface area (Å²) in [6.45, 7) is 1.74. The first-order valence-electron chi connectivity index (χ1n) is 8.20. The fourth-order valence-electron chi connectivity index (χ4n) is 2.20. The number of furan rings is 1. The van der Waals surface area contributed by atoms with E-state index in [0.29, 0.717) is 52.3 Å². The molecule has 1 amide bonds. The lowest BCUT2D eigenvalue weighted by Crippen LogP contribution is -2.12. The van der Waals surface area contributed by atoms with E-state index in [4.69, 9.17) is 17.9 Å². The van der Waals surface area contributed by atoms with E-state index in [1.807, 2.05) is 0 Å². The normalized spacial score (nSPS) is 11.0. The van der Waals surface area contributed by atoms with Gasteiger partial charge in [0.2, 0.25) is 11.8 Å². The second-order valence-corrected chi connectivity index (χ2v) is 6.54.